The van der Waals surface area contributed by atoms with Crippen LogP contribution in [0.1, 0.15) is 30.1 Å². The molecule has 1 saturated carbocycles. The molecule has 1 aliphatic carbocycles. The average molecular weight is 272 g/mol. The molecule has 0 unspecified atom stereocenters. The van der Waals surface area contributed by atoms with Crippen LogP contribution in [0.3, 0.4) is 0 Å². The number of nitrogens with one attached hydrogen (secondary N) is 1. The van der Waals surface area contributed by atoms with Crippen LogP contribution in [0, 0.1) is 5.41 Å². The molecule has 1 aliphatic rings. The summed E-state index contributed by atoms with van der Waals surface area (Å²) in [7, 11) is 1.79. The minimum Gasteiger partial charge on any atom is -0.351 e. The van der Waals surface area contributed by atoms with Crippen molar-refractivity contribution in [2.75, 3.05) is 6.54 Å². The van der Waals surface area contributed by atoms with Gasteiger partial charge in [0.1, 0.15) is 4.60 Å². The molecule has 0 aromatic carbocycles. The summed E-state index contributed by atoms with van der Waals surface area (Å²) < 4.78 is 2.36. The highest BCUT2D eigenvalue weighted by molar-refractivity contribution is 9.10. The fourth-order valence-corrected chi connectivity index (χ4v) is 1.73. The van der Waals surface area contributed by atoms with Crippen molar-refractivity contribution in [1.29, 1.82) is 0 Å². The first kappa shape index (κ1) is 10.7. The molecule has 0 spiro atoms. The van der Waals surface area contributed by atoms with Gasteiger partial charge in [-0.25, -0.2) is 0 Å². The molecule has 5 heteroatoms. The van der Waals surface area contributed by atoms with Crippen molar-refractivity contribution in [2.45, 2.75) is 19.8 Å². The number of hydrogen-bond donors (Lipinski definition) is 1. The molecule has 0 aliphatic heterocycles. The zero-order valence-electron chi connectivity index (χ0n) is 8.88. The quantitative estimate of drug-likeness (QED) is 0.910. The number of carbonyl (C=O) groups is 1. The number of nitrogens with zero attached hydrogens (tertiary/aromatic N) is 2. The topological polar surface area (TPSA) is 46.9 Å². The first-order valence-corrected chi connectivity index (χ1v) is 5.77. The number of halogens is 1. The molecule has 0 bridgehead atoms. The number of carbonyl (C=O) groups excluding carboxylic acids is 1. The summed E-state index contributed by atoms with van der Waals surface area (Å²) in [5.74, 6) is -0.0527. The predicted octanol–water partition coefficient (Wildman–Crippen LogP) is 1.71. The van der Waals surface area contributed by atoms with Crippen LogP contribution in [-0.4, -0.2) is 22.2 Å². The standard InChI is InChI=1S/C10H14BrN3O/c1-10(3-4-10)6-12-9(15)7-5-13-14(2)8(7)11/h5H,3-4,6H2,1-2H3,(H,12,15). The molecule has 0 radical (unpaired) electrons. The van der Waals surface area contributed by atoms with E-state index in [2.05, 4.69) is 33.3 Å². The van der Waals surface area contributed by atoms with Crippen LogP contribution >= 0.6 is 15.9 Å². The molecular formula is C10H14BrN3O. The number of amides is 1. The Kier molecular flexibility index (Phi) is 2.58. The van der Waals surface area contributed by atoms with Crippen molar-refractivity contribution in [3.63, 3.8) is 0 Å². The highest BCUT2D eigenvalue weighted by Crippen LogP contribution is 2.44. The lowest BCUT2D eigenvalue weighted by molar-refractivity contribution is 0.0945. The molecule has 1 heterocycles. The van der Waals surface area contributed by atoms with Crippen LogP contribution in [0.4, 0.5) is 0 Å². The molecule has 15 heavy (non-hydrogen) atoms. The zero-order valence-corrected chi connectivity index (χ0v) is 10.5. The highest BCUT2D eigenvalue weighted by Gasteiger charge is 2.37. The van der Waals surface area contributed by atoms with Gasteiger partial charge in [0, 0.05) is 13.6 Å². The zero-order chi connectivity index (χ0) is 11.1. The van der Waals surface area contributed by atoms with E-state index < -0.39 is 0 Å². The Balaban J connectivity index is 1.98. The molecule has 1 amide bonds. The molecule has 1 fully saturated rings. The Morgan fingerprint density at radius 3 is 2.87 bits per heavy atom. The van der Waals surface area contributed by atoms with Gasteiger partial charge in [-0.05, 0) is 34.2 Å². The highest BCUT2D eigenvalue weighted by atomic mass is 79.9. The van der Waals surface area contributed by atoms with Gasteiger partial charge in [0.15, 0.2) is 0 Å². The van der Waals surface area contributed by atoms with Crippen molar-refractivity contribution in [1.82, 2.24) is 15.1 Å². The van der Waals surface area contributed by atoms with E-state index in [1.54, 1.807) is 17.9 Å². The van der Waals surface area contributed by atoms with Gasteiger partial charge in [-0.3, -0.25) is 9.48 Å². The maximum Gasteiger partial charge on any atom is 0.255 e. The van der Waals surface area contributed by atoms with Crippen molar-refractivity contribution in [2.24, 2.45) is 12.5 Å². The molecular weight excluding hydrogens is 258 g/mol. The van der Waals surface area contributed by atoms with E-state index in [-0.39, 0.29) is 5.91 Å². The second-order valence-corrected chi connectivity index (χ2v) is 5.22. The van der Waals surface area contributed by atoms with E-state index >= 15 is 0 Å². The van der Waals surface area contributed by atoms with E-state index in [1.807, 2.05) is 0 Å². The minimum absolute atomic E-state index is 0.0527. The first-order valence-electron chi connectivity index (χ1n) is 4.98. The van der Waals surface area contributed by atoms with Gasteiger partial charge >= 0.3 is 0 Å². The Bertz CT molecular complexity index is 395. The summed E-state index contributed by atoms with van der Waals surface area (Å²) in [6.07, 6.45) is 4.00. The number of aromatic nitrogens is 2. The van der Waals surface area contributed by atoms with Gasteiger partial charge in [0.2, 0.25) is 0 Å². The minimum atomic E-state index is -0.0527. The van der Waals surface area contributed by atoms with Crippen LogP contribution in [0.15, 0.2) is 10.8 Å². The van der Waals surface area contributed by atoms with Crippen LogP contribution < -0.4 is 5.32 Å². The van der Waals surface area contributed by atoms with Crippen LogP contribution in [0.2, 0.25) is 0 Å². The van der Waals surface area contributed by atoms with Gasteiger partial charge in [-0.2, -0.15) is 5.10 Å². The summed E-state index contributed by atoms with van der Waals surface area (Å²) in [5, 5.41) is 6.94. The van der Waals surface area contributed by atoms with Gasteiger partial charge in [0.05, 0.1) is 11.8 Å². The molecule has 0 saturated heterocycles. The number of aryl methyl sites for hydroxylation is 1. The van der Waals surface area contributed by atoms with E-state index in [0.717, 1.165) is 11.1 Å². The lowest BCUT2D eigenvalue weighted by Gasteiger charge is -2.09. The van der Waals surface area contributed by atoms with Gasteiger partial charge in [-0.15, -0.1) is 0 Å². The van der Waals surface area contributed by atoms with Crippen LogP contribution in [0.25, 0.3) is 0 Å². The SMILES string of the molecule is Cn1ncc(C(=O)NCC2(C)CC2)c1Br. The summed E-state index contributed by atoms with van der Waals surface area (Å²) in [6.45, 7) is 2.94. The van der Waals surface area contributed by atoms with Crippen molar-refractivity contribution < 1.29 is 4.79 Å². The third-order valence-electron chi connectivity index (χ3n) is 2.89. The smallest absolute Gasteiger partial charge is 0.255 e. The molecule has 1 aromatic heterocycles. The third kappa shape index (κ3) is 2.22. The summed E-state index contributed by atoms with van der Waals surface area (Å²) >= 11 is 3.33. The van der Waals surface area contributed by atoms with Crippen molar-refractivity contribution in [3.05, 3.63) is 16.4 Å². The summed E-state index contributed by atoms with van der Waals surface area (Å²) in [6, 6.07) is 0. The molecule has 4 nitrogen and oxygen atoms in total. The van der Waals surface area contributed by atoms with Crippen molar-refractivity contribution in [3.8, 4) is 0 Å². The molecule has 2 rings (SSSR count). The lowest BCUT2D eigenvalue weighted by Crippen LogP contribution is -2.29. The van der Waals surface area contributed by atoms with E-state index in [0.29, 0.717) is 11.0 Å². The number of rotatable bonds is 3. The van der Waals surface area contributed by atoms with Gasteiger partial charge in [-0.1, -0.05) is 6.92 Å². The molecule has 1 aromatic rings. The fourth-order valence-electron chi connectivity index (χ4n) is 1.35. The van der Waals surface area contributed by atoms with Gasteiger partial charge < -0.3 is 5.32 Å². The monoisotopic (exact) mass is 271 g/mol. The normalized spacial score (nSPS) is 17.5. The van der Waals surface area contributed by atoms with Crippen molar-refractivity contribution >= 4 is 21.8 Å². The van der Waals surface area contributed by atoms with E-state index in [1.165, 1.54) is 12.8 Å². The Morgan fingerprint density at radius 1 is 1.73 bits per heavy atom. The fraction of sp³-hybridized carbons (Fsp3) is 0.600. The molecule has 82 valence electrons. The maximum absolute atomic E-state index is 11.8. The second-order valence-electron chi connectivity index (χ2n) is 4.47. The Labute approximate surface area is 97.2 Å². The predicted molar refractivity (Wildman–Crippen MR) is 60.6 cm³/mol. The maximum atomic E-state index is 11.8. The molecule has 0 atom stereocenters. The Hall–Kier alpha value is -0.840. The van der Waals surface area contributed by atoms with Gasteiger partial charge in [0.25, 0.3) is 5.91 Å². The average Bonchev–Trinajstić information content (AvgIpc) is 2.85. The van der Waals surface area contributed by atoms with Crippen LogP contribution in [-0.2, 0) is 7.05 Å². The summed E-state index contributed by atoms with van der Waals surface area (Å²) in [4.78, 5) is 11.8. The van der Waals surface area contributed by atoms with Crippen LogP contribution in [0.5, 0.6) is 0 Å². The largest absolute Gasteiger partial charge is 0.351 e. The Morgan fingerprint density at radius 2 is 2.40 bits per heavy atom. The lowest BCUT2D eigenvalue weighted by atomic mass is 10.1. The molecule has 1 N–H and O–H groups in total. The first-order chi connectivity index (χ1) is 7.02. The summed E-state index contributed by atoms with van der Waals surface area (Å²) in [5.41, 5.74) is 0.936. The number of hydrogen-bond acceptors (Lipinski definition) is 2. The van der Waals surface area contributed by atoms with E-state index in [9.17, 15) is 4.79 Å². The second kappa shape index (κ2) is 3.63. The third-order valence-corrected chi connectivity index (χ3v) is 3.83. The van der Waals surface area contributed by atoms with E-state index in [4.69, 9.17) is 0 Å².